The van der Waals surface area contributed by atoms with Crippen molar-refractivity contribution in [3.8, 4) is 5.75 Å². The fourth-order valence-corrected chi connectivity index (χ4v) is 4.51. The zero-order chi connectivity index (χ0) is 20.0. The predicted octanol–water partition coefficient (Wildman–Crippen LogP) is 2.04. The Morgan fingerprint density at radius 1 is 1.14 bits per heavy atom. The number of rotatable bonds is 6. The maximum atomic E-state index is 12.9. The van der Waals surface area contributed by atoms with E-state index in [1.165, 1.54) is 4.31 Å². The molecule has 8 nitrogen and oxygen atoms in total. The van der Waals surface area contributed by atoms with E-state index in [1.807, 2.05) is 0 Å². The summed E-state index contributed by atoms with van der Waals surface area (Å²) in [5.74, 6) is 0.625. The van der Waals surface area contributed by atoms with Crippen LogP contribution in [-0.2, 0) is 21.3 Å². The van der Waals surface area contributed by atoms with E-state index in [1.54, 1.807) is 55.6 Å². The lowest BCUT2D eigenvalue weighted by Gasteiger charge is -2.27. The second-order valence-electron chi connectivity index (χ2n) is 6.16. The number of methoxy groups -OCH3 is 1. The van der Waals surface area contributed by atoms with Gasteiger partial charge in [-0.3, -0.25) is 0 Å². The van der Waals surface area contributed by atoms with E-state index in [9.17, 15) is 13.2 Å². The van der Waals surface area contributed by atoms with Crippen molar-refractivity contribution < 1.29 is 22.7 Å². The molecule has 3 rings (SSSR count). The first-order valence-electron chi connectivity index (χ1n) is 8.85. The number of benzene rings is 2. The Morgan fingerprint density at radius 3 is 2.64 bits per heavy atom. The standard InChI is InChI=1S/C19H23N3O5S/c1-26-17-7-4-6-16(13-17)21-19(23)20-14-15-5-2-3-8-18(15)28(24,25)22-9-11-27-12-10-22/h2-8,13H,9-12,14H2,1H3,(H2,20,21,23). The minimum Gasteiger partial charge on any atom is -0.497 e. The highest BCUT2D eigenvalue weighted by atomic mass is 32.2. The average molecular weight is 405 g/mol. The molecule has 2 aromatic carbocycles. The molecule has 28 heavy (non-hydrogen) atoms. The van der Waals surface area contributed by atoms with Gasteiger partial charge in [-0.2, -0.15) is 4.31 Å². The zero-order valence-corrected chi connectivity index (χ0v) is 16.4. The van der Waals surface area contributed by atoms with Gasteiger partial charge in [-0.15, -0.1) is 0 Å². The van der Waals surface area contributed by atoms with E-state index in [2.05, 4.69) is 10.6 Å². The molecule has 0 bridgehead atoms. The molecule has 9 heteroatoms. The van der Waals surface area contributed by atoms with Crippen LogP contribution in [0.3, 0.4) is 0 Å². The Labute approximate surface area is 164 Å². The fraction of sp³-hybridized carbons (Fsp3) is 0.316. The van der Waals surface area contributed by atoms with Gasteiger partial charge in [0.05, 0.1) is 25.2 Å². The summed E-state index contributed by atoms with van der Waals surface area (Å²) in [7, 11) is -2.10. The van der Waals surface area contributed by atoms with Crippen LogP contribution >= 0.6 is 0 Å². The lowest BCUT2D eigenvalue weighted by atomic mass is 10.2. The Kier molecular flexibility index (Phi) is 6.50. The number of hydrogen-bond acceptors (Lipinski definition) is 5. The van der Waals surface area contributed by atoms with Gasteiger partial charge in [-0.1, -0.05) is 24.3 Å². The molecular weight excluding hydrogens is 382 g/mol. The summed E-state index contributed by atoms with van der Waals surface area (Å²) in [6.07, 6.45) is 0. The van der Waals surface area contributed by atoms with Crippen LogP contribution in [0.1, 0.15) is 5.56 Å². The maximum absolute atomic E-state index is 12.9. The Hall–Kier alpha value is -2.62. The van der Waals surface area contributed by atoms with Crippen LogP contribution in [0, 0.1) is 0 Å². The molecule has 2 N–H and O–H groups in total. The number of sulfonamides is 1. The first kappa shape index (κ1) is 20.1. The molecule has 0 aliphatic carbocycles. The van der Waals surface area contributed by atoms with Gasteiger partial charge in [0.2, 0.25) is 10.0 Å². The first-order valence-corrected chi connectivity index (χ1v) is 10.3. The third kappa shape index (κ3) is 4.80. The van der Waals surface area contributed by atoms with Crippen molar-refractivity contribution in [3.05, 3.63) is 54.1 Å². The van der Waals surface area contributed by atoms with Crippen LogP contribution in [0.5, 0.6) is 5.75 Å². The van der Waals surface area contributed by atoms with Gasteiger partial charge in [-0.25, -0.2) is 13.2 Å². The Morgan fingerprint density at radius 2 is 1.89 bits per heavy atom. The van der Waals surface area contributed by atoms with Crippen molar-refractivity contribution in [1.82, 2.24) is 9.62 Å². The lowest BCUT2D eigenvalue weighted by molar-refractivity contribution is 0.0730. The number of morpholine rings is 1. The highest BCUT2D eigenvalue weighted by Gasteiger charge is 2.28. The molecule has 2 aromatic rings. The molecule has 150 valence electrons. The lowest BCUT2D eigenvalue weighted by Crippen LogP contribution is -2.41. The molecule has 1 saturated heterocycles. The number of nitrogens with one attached hydrogen (secondary N) is 2. The van der Waals surface area contributed by atoms with Crippen LogP contribution in [-0.4, -0.2) is 52.2 Å². The fourth-order valence-electron chi connectivity index (χ4n) is 2.88. The number of hydrogen-bond donors (Lipinski definition) is 2. The van der Waals surface area contributed by atoms with Gasteiger partial charge in [-0.05, 0) is 23.8 Å². The number of ether oxygens (including phenoxy) is 2. The number of nitrogens with zero attached hydrogens (tertiary/aromatic N) is 1. The molecular formula is C19H23N3O5S. The van der Waals surface area contributed by atoms with Gasteiger partial charge in [0.1, 0.15) is 5.75 Å². The van der Waals surface area contributed by atoms with E-state index in [0.29, 0.717) is 43.3 Å². The molecule has 1 fully saturated rings. The summed E-state index contributed by atoms with van der Waals surface area (Å²) in [6, 6.07) is 13.2. The number of carbonyl (C=O) groups is 1. The molecule has 1 aliphatic rings. The number of urea groups is 1. The topological polar surface area (TPSA) is 97.0 Å². The number of carbonyl (C=O) groups excluding carboxylic acids is 1. The van der Waals surface area contributed by atoms with Crippen molar-refractivity contribution in [2.24, 2.45) is 0 Å². The van der Waals surface area contributed by atoms with Gasteiger partial charge < -0.3 is 20.1 Å². The van der Waals surface area contributed by atoms with Crippen LogP contribution in [0.2, 0.25) is 0 Å². The van der Waals surface area contributed by atoms with Crippen molar-refractivity contribution in [2.75, 3.05) is 38.7 Å². The predicted molar refractivity (Wildman–Crippen MR) is 105 cm³/mol. The van der Waals surface area contributed by atoms with Crippen LogP contribution in [0.15, 0.2) is 53.4 Å². The molecule has 0 aromatic heterocycles. The van der Waals surface area contributed by atoms with E-state index in [4.69, 9.17) is 9.47 Å². The van der Waals surface area contributed by atoms with E-state index in [0.717, 1.165) is 0 Å². The summed E-state index contributed by atoms with van der Waals surface area (Å²) < 4.78 is 37.7. The Bertz CT molecular complexity index is 927. The summed E-state index contributed by atoms with van der Waals surface area (Å²) in [5.41, 5.74) is 1.10. The average Bonchev–Trinajstić information content (AvgIpc) is 2.73. The minimum absolute atomic E-state index is 0.0789. The normalized spacial score (nSPS) is 15.0. The van der Waals surface area contributed by atoms with Gasteiger partial charge in [0.25, 0.3) is 0 Å². The SMILES string of the molecule is COc1cccc(NC(=O)NCc2ccccc2S(=O)(=O)N2CCOCC2)c1. The molecule has 0 radical (unpaired) electrons. The molecule has 0 saturated carbocycles. The molecule has 0 atom stereocenters. The van der Waals surface area contributed by atoms with Crippen molar-refractivity contribution in [1.29, 1.82) is 0 Å². The highest BCUT2D eigenvalue weighted by Crippen LogP contribution is 2.21. The van der Waals surface area contributed by atoms with Crippen LogP contribution in [0.25, 0.3) is 0 Å². The smallest absolute Gasteiger partial charge is 0.319 e. The Balaban J connectivity index is 1.68. The molecule has 1 aliphatic heterocycles. The van der Waals surface area contributed by atoms with Crippen LogP contribution < -0.4 is 15.4 Å². The molecule has 2 amide bonds. The minimum atomic E-state index is -3.64. The third-order valence-electron chi connectivity index (χ3n) is 4.33. The summed E-state index contributed by atoms with van der Waals surface area (Å²) in [6.45, 7) is 1.47. The summed E-state index contributed by atoms with van der Waals surface area (Å²) in [5, 5.41) is 5.40. The monoisotopic (exact) mass is 405 g/mol. The molecule has 0 unspecified atom stereocenters. The first-order chi connectivity index (χ1) is 13.5. The summed E-state index contributed by atoms with van der Waals surface area (Å²) in [4.78, 5) is 12.4. The quantitative estimate of drug-likeness (QED) is 0.767. The zero-order valence-electron chi connectivity index (χ0n) is 15.6. The van der Waals surface area contributed by atoms with E-state index in [-0.39, 0.29) is 11.4 Å². The van der Waals surface area contributed by atoms with Crippen molar-refractivity contribution >= 4 is 21.7 Å². The molecule has 0 spiro atoms. The third-order valence-corrected chi connectivity index (χ3v) is 6.33. The second kappa shape index (κ2) is 9.05. The highest BCUT2D eigenvalue weighted by molar-refractivity contribution is 7.89. The van der Waals surface area contributed by atoms with E-state index < -0.39 is 16.1 Å². The second-order valence-corrected chi connectivity index (χ2v) is 8.07. The number of amides is 2. The van der Waals surface area contributed by atoms with Gasteiger partial charge in [0, 0.05) is 31.4 Å². The van der Waals surface area contributed by atoms with Crippen molar-refractivity contribution in [3.63, 3.8) is 0 Å². The van der Waals surface area contributed by atoms with Crippen molar-refractivity contribution in [2.45, 2.75) is 11.4 Å². The van der Waals surface area contributed by atoms with E-state index >= 15 is 0 Å². The molecule has 1 heterocycles. The summed E-state index contributed by atoms with van der Waals surface area (Å²) >= 11 is 0. The number of anilines is 1. The maximum Gasteiger partial charge on any atom is 0.319 e. The van der Waals surface area contributed by atoms with Gasteiger partial charge >= 0.3 is 6.03 Å². The van der Waals surface area contributed by atoms with Crippen LogP contribution in [0.4, 0.5) is 10.5 Å². The largest absolute Gasteiger partial charge is 0.497 e. The van der Waals surface area contributed by atoms with Gasteiger partial charge in [0.15, 0.2) is 0 Å².